The molecular formula is C17H26Cl2N4OS. The Morgan fingerprint density at radius 2 is 2.08 bits per heavy atom. The van der Waals surface area contributed by atoms with Gasteiger partial charge in [0.1, 0.15) is 12.4 Å². The molecule has 1 fully saturated rings. The number of benzene rings is 1. The molecule has 0 aliphatic carbocycles. The number of aromatic nitrogens is 2. The van der Waals surface area contributed by atoms with E-state index in [4.69, 9.17) is 5.73 Å². The lowest BCUT2D eigenvalue weighted by atomic mass is 10.0. The Morgan fingerprint density at radius 3 is 2.80 bits per heavy atom. The maximum absolute atomic E-state index is 12.8. The van der Waals surface area contributed by atoms with Crippen molar-refractivity contribution in [3.63, 3.8) is 0 Å². The number of nitrogens with zero attached hydrogens (tertiary/aromatic N) is 3. The van der Waals surface area contributed by atoms with E-state index in [2.05, 4.69) is 15.8 Å². The van der Waals surface area contributed by atoms with E-state index in [1.54, 1.807) is 11.8 Å². The smallest absolute Gasteiger partial charge is 0.242 e. The second-order valence-corrected chi connectivity index (χ2v) is 6.87. The number of piperidine rings is 1. The molecule has 0 radical (unpaired) electrons. The van der Waals surface area contributed by atoms with Crippen molar-refractivity contribution >= 4 is 53.5 Å². The molecule has 25 heavy (non-hydrogen) atoms. The van der Waals surface area contributed by atoms with Crippen LogP contribution < -0.4 is 5.73 Å². The van der Waals surface area contributed by atoms with Gasteiger partial charge in [-0.15, -0.1) is 24.8 Å². The molecule has 140 valence electrons. The van der Waals surface area contributed by atoms with E-state index in [-0.39, 0.29) is 36.8 Å². The summed E-state index contributed by atoms with van der Waals surface area (Å²) in [5, 5.41) is 0. The number of para-hydroxylation sites is 2. The molecule has 0 saturated carbocycles. The fraction of sp³-hybridized carbons (Fsp3) is 0.529. The second kappa shape index (κ2) is 10.3. The van der Waals surface area contributed by atoms with Crippen molar-refractivity contribution in [1.29, 1.82) is 0 Å². The molecule has 1 aliphatic heterocycles. The number of hydrogen-bond donors (Lipinski definition) is 1. The minimum atomic E-state index is 0. The second-order valence-electron chi connectivity index (χ2n) is 6.01. The van der Waals surface area contributed by atoms with E-state index in [0.717, 1.165) is 48.4 Å². The van der Waals surface area contributed by atoms with Crippen LogP contribution in [0.25, 0.3) is 11.0 Å². The number of halogens is 2. The van der Waals surface area contributed by atoms with Crippen LogP contribution in [0.3, 0.4) is 0 Å². The molecule has 2 N–H and O–H groups in total. The van der Waals surface area contributed by atoms with Gasteiger partial charge in [-0.05, 0) is 37.7 Å². The van der Waals surface area contributed by atoms with Crippen LogP contribution in [0.1, 0.15) is 25.1 Å². The van der Waals surface area contributed by atoms with Crippen LogP contribution in [0, 0.1) is 0 Å². The largest absolute Gasteiger partial charge is 0.337 e. The summed E-state index contributed by atoms with van der Waals surface area (Å²) < 4.78 is 2.07. The molecule has 5 nitrogen and oxygen atoms in total. The van der Waals surface area contributed by atoms with E-state index in [1.165, 1.54) is 0 Å². The molecule has 1 aromatic carbocycles. The van der Waals surface area contributed by atoms with E-state index in [1.807, 2.05) is 29.2 Å². The first-order valence-electron chi connectivity index (χ1n) is 8.17. The van der Waals surface area contributed by atoms with Crippen LogP contribution in [0.4, 0.5) is 0 Å². The summed E-state index contributed by atoms with van der Waals surface area (Å²) in [4.78, 5) is 19.5. The lowest BCUT2D eigenvalue weighted by Crippen LogP contribution is -2.48. The van der Waals surface area contributed by atoms with Crippen LogP contribution >= 0.6 is 36.6 Å². The van der Waals surface area contributed by atoms with Gasteiger partial charge in [0.2, 0.25) is 5.91 Å². The third kappa shape index (κ3) is 4.82. The number of thioether (sulfide) groups is 1. The molecule has 1 atom stereocenters. The van der Waals surface area contributed by atoms with Crippen molar-refractivity contribution in [3.8, 4) is 0 Å². The van der Waals surface area contributed by atoms with E-state index in [0.29, 0.717) is 13.1 Å². The Hall–Kier alpha value is -0.950. The first kappa shape index (κ1) is 22.1. The quantitative estimate of drug-likeness (QED) is 0.831. The molecular weight excluding hydrogens is 379 g/mol. The lowest BCUT2D eigenvalue weighted by molar-refractivity contribution is -0.135. The van der Waals surface area contributed by atoms with Gasteiger partial charge in [0, 0.05) is 19.1 Å². The summed E-state index contributed by atoms with van der Waals surface area (Å²) in [5.41, 5.74) is 7.85. The van der Waals surface area contributed by atoms with Gasteiger partial charge in [-0.2, -0.15) is 11.8 Å². The van der Waals surface area contributed by atoms with E-state index in [9.17, 15) is 4.79 Å². The zero-order valence-corrected chi connectivity index (χ0v) is 16.8. The number of nitrogens with two attached hydrogens (primary N) is 1. The minimum Gasteiger partial charge on any atom is -0.337 e. The molecule has 2 heterocycles. The molecule has 1 aliphatic rings. The normalized spacial score (nSPS) is 17.0. The highest BCUT2D eigenvalue weighted by atomic mass is 35.5. The predicted molar refractivity (Wildman–Crippen MR) is 110 cm³/mol. The summed E-state index contributed by atoms with van der Waals surface area (Å²) in [6.07, 6.45) is 5.31. The van der Waals surface area contributed by atoms with Crippen molar-refractivity contribution < 1.29 is 4.79 Å². The lowest BCUT2D eigenvalue weighted by Gasteiger charge is -2.35. The first-order chi connectivity index (χ1) is 11.2. The number of carbonyl (C=O) groups excluding carboxylic acids is 1. The SMILES string of the molecule is CSCc1nc2ccccc2n1CC(=O)N1CCCCC1CN.Cl.Cl. The number of hydrogen-bond acceptors (Lipinski definition) is 4. The topological polar surface area (TPSA) is 64.2 Å². The highest BCUT2D eigenvalue weighted by Gasteiger charge is 2.26. The summed E-state index contributed by atoms with van der Waals surface area (Å²) in [6, 6.07) is 8.21. The summed E-state index contributed by atoms with van der Waals surface area (Å²) in [5.74, 6) is 1.93. The van der Waals surface area contributed by atoms with E-state index >= 15 is 0 Å². The summed E-state index contributed by atoms with van der Waals surface area (Å²) in [7, 11) is 0. The standard InChI is InChI=1S/C17H24N4OS.2ClH/c1-23-12-16-19-14-7-2-3-8-15(14)21(16)11-17(22)20-9-5-4-6-13(20)10-18;;/h2-3,7-8,13H,4-6,9-12,18H2,1H3;2*1H. The van der Waals surface area contributed by atoms with Gasteiger partial charge in [-0.1, -0.05) is 12.1 Å². The zero-order chi connectivity index (χ0) is 16.2. The Morgan fingerprint density at radius 1 is 1.32 bits per heavy atom. The average molecular weight is 405 g/mol. The molecule has 1 aromatic heterocycles. The fourth-order valence-corrected chi connectivity index (χ4v) is 3.82. The number of rotatable bonds is 5. The summed E-state index contributed by atoms with van der Waals surface area (Å²) >= 11 is 1.72. The number of imidazole rings is 1. The number of fused-ring (bicyclic) bond motifs is 1. The third-order valence-corrected chi connectivity index (χ3v) is 5.07. The molecule has 3 rings (SSSR count). The van der Waals surface area contributed by atoms with Gasteiger partial charge in [0.15, 0.2) is 0 Å². The van der Waals surface area contributed by atoms with Crippen LogP contribution in [0.15, 0.2) is 24.3 Å². The Labute approximate surface area is 165 Å². The highest BCUT2D eigenvalue weighted by Crippen LogP contribution is 2.21. The van der Waals surface area contributed by atoms with Crippen LogP contribution in [0.2, 0.25) is 0 Å². The van der Waals surface area contributed by atoms with Gasteiger partial charge >= 0.3 is 0 Å². The molecule has 1 amide bonds. The molecule has 0 spiro atoms. The number of amides is 1. The molecule has 2 aromatic rings. The predicted octanol–water partition coefficient (Wildman–Crippen LogP) is 3.08. The van der Waals surface area contributed by atoms with E-state index < -0.39 is 0 Å². The maximum Gasteiger partial charge on any atom is 0.242 e. The van der Waals surface area contributed by atoms with Crippen LogP contribution in [0.5, 0.6) is 0 Å². The monoisotopic (exact) mass is 404 g/mol. The van der Waals surface area contributed by atoms with Crippen molar-refractivity contribution in [3.05, 3.63) is 30.1 Å². The maximum atomic E-state index is 12.8. The average Bonchev–Trinajstić information content (AvgIpc) is 2.93. The van der Waals surface area contributed by atoms with Gasteiger partial charge in [-0.3, -0.25) is 4.79 Å². The van der Waals surface area contributed by atoms with Crippen LogP contribution in [-0.4, -0.2) is 45.7 Å². The highest BCUT2D eigenvalue weighted by molar-refractivity contribution is 7.97. The minimum absolute atomic E-state index is 0. The van der Waals surface area contributed by atoms with Crippen molar-refractivity contribution in [2.24, 2.45) is 5.73 Å². The Balaban J connectivity index is 0.00000156. The summed E-state index contributed by atoms with van der Waals surface area (Å²) in [6.45, 7) is 1.73. The zero-order valence-electron chi connectivity index (χ0n) is 14.4. The van der Waals surface area contributed by atoms with Crippen molar-refractivity contribution in [1.82, 2.24) is 14.5 Å². The van der Waals surface area contributed by atoms with Crippen molar-refractivity contribution in [2.45, 2.75) is 37.6 Å². The van der Waals surface area contributed by atoms with Gasteiger partial charge in [0.25, 0.3) is 0 Å². The molecule has 1 unspecified atom stereocenters. The molecule has 8 heteroatoms. The van der Waals surface area contributed by atoms with Gasteiger partial charge in [-0.25, -0.2) is 4.98 Å². The van der Waals surface area contributed by atoms with Crippen molar-refractivity contribution in [2.75, 3.05) is 19.3 Å². The molecule has 0 bridgehead atoms. The fourth-order valence-electron chi connectivity index (χ4n) is 3.34. The van der Waals surface area contributed by atoms with Gasteiger partial charge < -0.3 is 15.2 Å². The Bertz CT molecular complexity index is 694. The third-order valence-electron chi connectivity index (χ3n) is 4.52. The number of carbonyl (C=O) groups is 1. The molecule has 1 saturated heterocycles. The first-order valence-corrected chi connectivity index (χ1v) is 9.56. The Kier molecular flexibility index (Phi) is 9.07. The number of likely N-dealkylation sites (tertiary alicyclic amines) is 1. The van der Waals surface area contributed by atoms with Crippen LogP contribution in [-0.2, 0) is 17.1 Å². The van der Waals surface area contributed by atoms with Gasteiger partial charge in [0.05, 0.1) is 16.8 Å².